The number of nitrogens with zero attached hydrogens (tertiary/aromatic N) is 4. The molecule has 32 heavy (non-hydrogen) atoms. The van der Waals surface area contributed by atoms with Crippen LogP contribution in [0.25, 0.3) is 5.69 Å². The Balaban J connectivity index is 2.27. The van der Waals surface area contributed by atoms with E-state index in [1.807, 2.05) is 0 Å². The summed E-state index contributed by atoms with van der Waals surface area (Å²) in [5, 5.41) is 11.8. The first-order valence-corrected chi connectivity index (χ1v) is 10.8. The molecule has 3 rings (SSSR count). The molecular formula is C16H11Cl2F6N5O2S. The Kier molecular flexibility index (Phi) is 5.99. The Morgan fingerprint density at radius 3 is 2.06 bits per heavy atom. The van der Waals surface area contributed by atoms with Crippen LogP contribution in [0.1, 0.15) is 30.5 Å². The van der Waals surface area contributed by atoms with Crippen LogP contribution in [0.2, 0.25) is 10.0 Å². The third kappa shape index (κ3) is 3.93. The number of halogens is 8. The topological polar surface area (TPSA) is 105 Å². The van der Waals surface area contributed by atoms with Crippen molar-refractivity contribution >= 4 is 44.7 Å². The highest BCUT2D eigenvalue weighted by Gasteiger charge is 2.54. The van der Waals surface area contributed by atoms with Crippen LogP contribution < -0.4 is 10.0 Å². The maximum atomic E-state index is 13.3. The molecule has 0 saturated heterocycles. The second-order valence-corrected chi connectivity index (χ2v) is 9.34. The van der Waals surface area contributed by atoms with Gasteiger partial charge >= 0.3 is 21.7 Å². The smallest absolute Gasteiger partial charge is 0.382 e. The van der Waals surface area contributed by atoms with Crippen molar-refractivity contribution in [2.45, 2.75) is 37.0 Å². The van der Waals surface area contributed by atoms with Crippen LogP contribution in [0.5, 0.6) is 0 Å². The van der Waals surface area contributed by atoms with Crippen LogP contribution >= 0.6 is 23.2 Å². The summed E-state index contributed by atoms with van der Waals surface area (Å²) >= 11 is 11.8. The largest absolute Gasteiger partial charge is 0.516 e. The van der Waals surface area contributed by atoms with Crippen molar-refractivity contribution in [3.8, 4) is 11.8 Å². The van der Waals surface area contributed by atoms with E-state index in [9.17, 15) is 40.0 Å². The lowest BCUT2D eigenvalue weighted by Crippen LogP contribution is -2.50. The van der Waals surface area contributed by atoms with Gasteiger partial charge in [-0.25, -0.2) is 4.68 Å². The number of nitriles is 1. The summed E-state index contributed by atoms with van der Waals surface area (Å²) < 4.78 is 104. The fourth-order valence-corrected chi connectivity index (χ4v) is 4.94. The van der Waals surface area contributed by atoms with E-state index >= 15 is 0 Å². The minimum atomic E-state index is -5.99. The van der Waals surface area contributed by atoms with Crippen LogP contribution in [-0.2, 0) is 16.2 Å². The van der Waals surface area contributed by atoms with Crippen LogP contribution in [0.3, 0.4) is 0 Å². The maximum absolute atomic E-state index is 13.3. The fourth-order valence-electron chi connectivity index (χ4n) is 3.05. The number of rotatable bonds is 4. The van der Waals surface area contributed by atoms with Gasteiger partial charge in [0.1, 0.15) is 17.4 Å². The van der Waals surface area contributed by atoms with Gasteiger partial charge in [0.25, 0.3) is 0 Å². The molecule has 1 heterocycles. The lowest BCUT2D eigenvalue weighted by atomic mass is 9.93. The molecule has 1 aromatic carbocycles. The molecule has 0 atom stereocenters. The number of sulfonamides is 1. The monoisotopic (exact) mass is 521 g/mol. The molecule has 0 amide bonds. The quantitative estimate of drug-likeness (QED) is 0.578. The van der Waals surface area contributed by atoms with Crippen molar-refractivity contribution in [2.75, 3.05) is 10.0 Å². The van der Waals surface area contributed by atoms with Gasteiger partial charge in [0, 0.05) is 6.04 Å². The van der Waals surface area contributed by atoms with E-state index in [0.717, 1.165) is 0 Å². The normalized spacial score (nSPS) is 15.3. The lowest BCUT2D eigenvalue weighted by molar-refractivity contribution is -0.137. The van der Waals surface area contributed by atoms with Crippen molar-refractivity contribution in [3.05, 3.63) is 33.4 Å². The molecule has 174 valence electrons. The Morgan fingerprint density at radius 1 is 1.16 bits per heavy atom. The predicted molar refractivity (Wildman–Crippen MR) is 103 cm³/mol. The number of hydrogen-bond donors (Lipinski definition) is 1. The molecule has 0 radical (unpaired) electrons. The van der Waals surface area contributed by atoms with Crippen molar-refractivity contribution < 1.29 is 34.8 Å². The highest BCUT2D eigenvalue weighted by Crippen LogP contribution is 2.44. The van der Waals surface area contributed by atoms with Crippen LogP contribution in [0.15, 0.2) is 12.1 Å². The third-order valence-corrected chi connectivity index (χ3v) is 6.90. The predicted octanol–water partition coefficient (Wildman–Crippen LogP) is 4.86. The van der Waals surface area contributed by atoms with E-state index in [1.54, 1.807) is 0 Å². The SMILES string of the molecule is N#Cc1nn(-c2c(Cl)cc(C(F)(F)F)cc2Cl)c(N)c1N(C1CCC1)S(=O)(=O)C(F)(F)F. The Labute approximate surface area is 186 Å². The first-order chi connectivity index (χ1) is 14.6. The third-order valence-electron chi connectivity index (χ3n) is 4.74. The molecule has 2 N–H and O–H groups in total. The number of alkyl halides is 6. The first kappa shape index (κ1) is 24.3. The molecule has 7 nitrogen and oxygen atoms in total. The highest BCUT2D eigenvalue weighted by atomic mass is 35.5. The van der Waals surface area contributed by atoms with E-state index in [2.05, 4.69) is 5.10 Å². The van der Waals surface area contributed by atoms with Gasteiger partial charge in [-0.3, -0.25) is 4.31 Å². The van der Waals surface area contributed by atoms with Crippen molar-refractivity contribution in [3.63, 3.8) is 0 Å². The lowest BCUT2D eigenvalue weighted by Gasteiger charge is -2.37. The summed E-state index contributed by atoms with van der Waals surface area (Å²) in [6, 6.07) is 1.27. The zero-order valence-corrected chi connectivity index (χ0v) is 17.8. The number of benzene rings is 1. The molecule has 0 spiro atoms. The van der Waals surface area contributed by atoms with Crippen LogP contribution in [-0.4, -0.2) is 29.7 Å². The van der Waals surface area contributed by atoms with Gasteiger partial charge in [-0.2, -0.15) is 45.1 Å². The van der Waals surface area contributed by atoms with E-state index in [1.165, 1.54) is 6.07 Å². The van der Waals surface area contributed by atoms with Crippen molar-refractivity contribution in [1.29, 1.82) is 5.26 Å². The second-order valence-electron chi connectivity index (χ2n) is 6.72. The Bertz CT molecular complexity index is 1190. The summed E-state index contributed by atoms with van der Waals surface area (Å²) in [6.45, 7) is 0. The summed E-state index contributed by atoms with van der Waals surface area (Å²) in [5.41, 5.74) is -3.21. The molecule has 1 aromatic heterocycles. The van der Waals surface area contributed by atoms with E-state index in [0.29, 0.717) is 23.2 Å². The minimum Gasteiger partial charge on any atom is -0.382 e. The van der Waals surface area contributed by atoms with Crippen molar-refractivity contribution in [1.82, 2.24) is 9.78 Å². The minimum absolute atomic E-state index is 0.0141. The number of nitrogen functional groups attached to an aromatic ring is 1. The van der Waals surface area contributed by atoms with E-state index in [-0.39, 0.29) is 17.1 Å². The van der Waals surface area contributed by atoms with Gasteiger partial charge in [0.2, 0.25) is 0 Å². The van der Waals surface area contributed by atoms with Crippen LogP contribution in [0.4, 0.5) is 37.8 Å². The Morgan fingerprint density at radius 2 is 1.69 bits per heavy atom. The number of aromatic nitrogens is 2. The summed E-state index contributed by atoms with van der Waals surface area (Å²) in [7, 11) is -5.99. The number of anilines is 2. The van der Waals surface area contributed by atoms with E-state index in [4.69, 9.17) is 28.9 Å². The van der Waals surface area contributed by atoms with E-state index < -0.39 is 66.2 Å². The van der Waals surface area contributed by atoms with Crippen LogP contribution in [0, 0.1) is 11.3 Å². The summed E-state index contributed by atoms with van der Waals surface area (Å²) in [5.74, 6) is -0.773. The standard InChI is InChI=1S/C16H11Cl2F6N5O2S/c17-9-4-7(15(19,20)21)5-10(18)12(9)28-14(26)13(11(6-25)27-28)29(8-2-1-3-8)32(30,31)16(22,23)24/h4-5,8H,1-3,26H2. The summed E-state index contributed by atoms with van der Waals surface area (Å²) in [6.07, 6.45) is -4.26. The molecule has 1 saturated carbocycles. The zero-order valence-electron chi connectivity index (χ0n) is 15.5. The number of hydrogen-bond acceptors (Lipinski definition) is 5. The summed E-state index contributed by atoms with van der Waals surface area (Å²) in [4.78, 5) is 0. The van der Waals surface area contributed by atoms with Gasteiger partial charge in [0.15, 0.2) is 11.5 Å². The van der Waals surface area contributed by atoms with Crippen molar-refractivity contribution in [2.24, 2.45) is 0 Å². The molecule has 16 heteroatoms. The average molecular weight is 522 g/mol. The van der Waals surface area contributed by atoms with Gasteiger partial charge < -0.3 is 5.73 Å². The zero-order chi connectivity index (χ0) is 24.2. The number of nitrogens with two attached hydrogens (primary N) is 1. The molecule has 1 aliphatic rings. The Hall–Kier alpha value is -2.37. The maximum Gasteiger partial charge on any atom is 0.516 e. The molecular weight excluding hydrogens is 511 g/mol. The molecule has 1 aliphatic carbocycles. The molecule has 1 fully saturated rings. The second kappa shape index (κ2) is 7.89. The molecule has 0 bridgehead atoms. The van der Waals surface area contributed by atoms with Gasteiger partial charge in [0.05, 0.1) is 15.6 Å². The first-order valence-electron chi connectivity index (χ1n) is 8.57. The molecule has 0 unspecified atom stereocenters. The molecule has 0 aliphatic heterocycles. The fraction of sp³-hybridized carbons (Fsp3) is 0.375. The van der Waals surface area contributed by atoms with Gasteiger partial charge in [-0.05, 0) is 31.4 Å². The highest BCUT2D eigenvalue weighted by molar-refractivity contribution is 7.93. The average Bonchev–Trinajstić information content (AvgIpc) is 2.91. The van der Waals surface area contributed by atoms with Gasteiger partial charge in [-0.15, -0.1) is 0 Å². The molecule has 2 aromatic rings. The van der Waals surface area contributed by atoms with Gasteiger partial charge in [-0.1, -0.05) is 23.2 Å².